The Balaban J connectivity index is 1.82. The lowest BCUT2D eigenvalue weighted by molar-refractivity contribution is 0.679. The molecule has 1 heteroatoms. The van der Waals surface area contributed by atoms with E-state index in [2.05, 4.69) is 67.7 Å². The van der Waals surface area contributed by atoms with Crippen LogP contribution < -0.4 is 5.32 Å². The molecule has 1 saturated carbocycles. The maximum Gasteiger partial charge on any atom is 0.0542 e. The molecule has 2 aromatic carbocycles. The second-order valence-electron chi connectivity index (χ2n) is 5.92. The number of rotatable bonds is 5. The average molecular weight is 265 g/mol. The maximum absolute atomic E-state index is 3.75. The van der Waals surface area contributed by atoms with E-state index in [4.69, 9.17) is 0 Å². The topological polar surface area (TPSA) is 12.0 Å². The van der Waals surface area contributed by atoms with Gasteiger partial charge in [-0.15, -0.1) is 0 Å². The molecule has 1 fully saturated rings. The SMILES string of the molecule is CCc1cccc(NC(c2ccc(C)cc2)C2CC2)c1. The van der Waals surface area contributed by atoms with E-state index >= 15 is 0 Å². The van der Waals surface area contributed by atoms with E-state index in [0.29, 0.717) is 6.04 Å². The fourth-order valence-corrected chi connectivity index (χ4v) is 2.74. The summed E-state index contributed by atoms with van der Waals surface area (Å²) in [6.45, 7) is 4.35. The Kier molecular flexibility index (Phi) is 3.77. The summed E-state index contributed by atoms with van der Waals surface area (Å²) in [5.74, 6) is 0.794. The number of nitrogens with one attached hydrogen (secondary N) is 1. The Morgan fingerprint density at radius 2 is 1.85 bits per heavy atom. The molecule has 1 N–H and O–H groups in total. The first-order chi connectivity index (χ1) is 9.76. The molecule has 2 aromatic rings. The van der Waals surface area contributed by atoms with Crippen LogP contribution in [0.4, 0.5) is 5.69 Å². The van der Waals surface area contributed by atoms with Crippen LogP contribution in [0, 0.1) is 12.8 Å². The lowest BCUT2D eigenvalue weighted by Gasteiger charge is -2.21. The van der Waals surface area contributed by atoms with Gasteiger partial charge in [0, 0.05) is 5.69 Å². The summed E-state index contributed by atoms with van der Waals surface area (Å²) in [6.07, 6.45) is 3.78. The third kappa shape index (κ3) is 3.04. The van der Waals surface area contributed by atoms with E-state index in [1.165, 1.54) is 35.2 Å². The summed E-state index contributed by atoms with van der Waals surface area (Å²) >= 11 is 0. The minimum absolute atomic E-state index is 0.461. The molecule has 0 bridgehead atoms. The third-order valence-electron chi connectivity index (χ3n) is 4.19. The Hall–Kier alpha value is -1.76. The van der Waals surface area contributed by atoms with Gasteiger partial charge in [-0.05, 0) is 55.4 Å². The molecular formula is C19H23N. The molecule has 1 unspecified atom stereocenters. The van der Waals surface area contributed by atoms with Gasteiger partial charge in [0.05, 0.1) is 6.04 Å². The fourth-order valence-electron chi connectivity index (χ4n) is 2.74. The number of benzene rings is 2. The van der Waals surface area contributed by atoms with Crippen LogP contribution in [0.2, 0.25) is 0 Å². The lowest BCUT2D eigenvalue weighted by atomic mass is 10.0. The van der Waals surface area contributed by atoms with E-state index in [-0.39, 0.29) is 0 Å². The third-order valence-corrected chi connectivity index (χ3v) is 4.19. The van der Waals surface area contributed by atoms with Crippen molar-refractivity contribution < 1.29 is 0 Å². The normalized spacial score (nSPS) is 15.9. The highest BCUT2D eigenvalue weighted by Gasteiger charge is 2.32. The molecule has 1 aliphatic carbocycles. The van der Waals surface area contributed by atoms with Gasteiger partial charge in [-0.25, -0.2) is 0 Å². The first-order valence-corrected chi connectivity index (χ1v) is 7.68. The van der Waals surface area contributed by atoms with Crippen molar-refractivity contribution in [3.05, 3.63) is 65.2 Å². The standard InChI is InChI=1S/C19H23N/c1-3-15-5-4-6-18(13-15)20-19(17-11-12-17)16-9-7-14(2)8-10-16/h4-10,13,17,19-20H,3,11-12H2,1-2H3. The summed E-state index contributed by atoms with van der Waals surface area (Å²) in [4.78, 5) is 0. The highest BCUT2D eigenvalue weighted by molar-refractivity contribution is 5.48. The Bertz CT molecular complexity index is 567. The van der Waals surface area contributed by atoms with Gasteiger partial charge < -0.3 is 5.32 Å². The predicted molar refractivity (Wildman–Crippen MR) is 86.1 cm³/mol. The minimum Gasteiger partial charge on any atom is -0.378 e. The van der Waals surface area contributed by atoms with E-state index in [1.54, 1.807) is 0 Å². The molecule has 20 heavy (non-hydrogen) atoms. The summed E-state index contributed by atoms with van der Waals surface area (Å²) in [7, 11) is 0. The zero-order valence-electron chi connectivity index (χ0n) is 12.4. The minimum atomic E-state index is 0.461. The van der Waals surface area contributed by atoms with Crippen LogP contribution in [-0.4, -0.2) is 0 Å². The van der Waals surface area contributed by atoms with Crippen molar-refractivity contribution in [1.82, 2.24) is 0 Å². The van der Waals surface area contributed by atoms with E-state index in [0.717, 1.165) is 12.3 Å². The number of anilines is 1. The summed E-state index contributed by atoms with van der Waals surface area (Å²) in [5, 5.41) is 3.75. The van der Waals surface area contributed by atoms with Gasteiger partial charge in [0.1, 0.15) is 0 Å². The first-order valence-electron chi connectivity index (χ1n) is 7.68. The molecule has 0 aromatic heterocycles. The Morgan fingerprint density at radius 3 is 2.50 bits per heavy atom. The first kappa shape index (κ1) is 13.2. The second-order valence-corrected chi connectivity index (χ2v) is 5.92. The predicted octanol–water partition coefficient (Wildman–Crippen LogP) is 5.12. The van der Waals surface area contributed by atoms with Crippen LogP contribution in [-0.2, 0) is 6.42 Å². The fraction of sp³-hybridized carbons (Fsp3) is 0.368. The van der Waals surface area contributed by atoms with Crippen LogP contribution in [0.1, 0.15) is 42.5 Å². The van der Waals surface area contributed by atoms with Crippen molar-refractivity contribution in [2.75, 3.05) is 5.32 Å². The Morgan fingerprint density at radius 1 is 1.10 bits per heavy atom. The molecule has 0 heterocycles. The van der Waals surface area contributed by atoms with Crippen LogP contribution >= 0.6 is 0 Å². The summed E-state index contributed by atoms with van der Waals surface area (Å²) in [5.41, 5.74) is 5.39. The molecule has 1 nitrogen and oxygen atoms in total. The van der Waals surface area contributed by atoms with Crippen molar-refractivity contribution >= 4 is 5.69 Å². The number of hydrogen-bond acceptors (Lipinski definition) is 1. The molecule has 0 aliphatic heterocycles. The zero-order chi connectivity index (χ0) is 13.9. The maximum atomic E-state index is 3.75. The van der Waals surface area contributed by atoms with E-state index < -0.39 is 0 Å². The monoisotopic (exact) mass is 265 g/mol. The van der Waals surface area contributed by atoms with Crippen LogP contribution in [0.15, 0.2) is 48.5 Å². The van der Waals surface area contributed by atoms with Crippen LogP contribution in [0.25, 0.3) is 0 Å². The molecule has 0 radical (unpaired) electrons. The van der Waals surface area contributed by atoms with Crippen molar-refractivity contribution in [3.63, 3.8) is 0 Å². The van der Waals surface area contributed by atoms with Crippen molar-refractivity contribution in [1.29, 1.82) is 0 Å². The highest BCUT2D eigenvalue weighted by atomic mass is 14.9. The van der Waals surface area contributed by atoms with Gasteiger partial charge in [0.2, 0.25) is 0 Å². The van der Waals surface area contributed by atoms with Crippen LogP contribution in [0.3, 0.4) is 0 Å². The van der Waals surface area contributed by atoms with E-state index in [1.807, 2.05) is 0 Å². The van der Waals surface area contributed by atoms with Crippen molar-refractivity contribution in [3.8, 4) is 0 Å². The van der Waals surface area contributed by atoms with Gasteiger partial charge in [0.15, 0.2) is 0 Å². The molecule has 0 amide bonds. The van der Waals surface area contributed by atoms with Gasteiger partial charge in [-0.3, -0.25) is 0 Å². The van der Waals surface area contributed by atoms with Crippen molar-refractivity contribution in [2.45, 2.75) is 39.2 Å². The molecule has 1 atom stereocenters. The smallest absolute Gasteiger partial charge is 0.0542 e. The van der Waals surface area contributed by atoms with Gasteiger partial charge >= 0.3 is 0 Å². The van der Waals surface area contributed by atoms with E-state index in [9.17, 15) is 0 Å². The average Bonchev–Trinajstić information content (AvgIpc) is 3.31. The lowest BCUT2D eigenvalue weighted by Crippen LogP contribution is -2.13. The molecule has 0 spiro atoms. The second kappa shape index (κ2) is 5.70. The summed E-state index contributed by atoms with van der Waals surface area (Å²) in [6, 6.07) is 18.3. The molecule has 0 saturated heterocycles. The number of aryl methyl sites for hydroxylation is 2. The van der Waals surface area contributed by atoms with Crippen molar-refractivity contribution in [2.24, 2.45) is 5.92 Å². The van der Waals surface area contributed by atoms with Gasteiger partial charge in [-0.1, -0.05) is 48.9 Å². The molecule has 1 aliphatic rings. The van der Waals surface area contributed by atoms with Crippen LogP contribution in [0.5, 0.6) is 0 Å². The Labute approximate surface area is 122 Å². The zero-order valence-corrected chi connectivity index (χ0v) is 12.4. The molecule has 104 valence electrons. The quantitative estimate of drug-likeness (QED) is 0.791. The largest absolute Gasteiger partial charge is 0.378 e. The molecular weight excluding hydrogens is 242 g/mol. The van der Waals surface area contributed by atoms with Gasteiger partial charge in [0.25, 0.3) is 0 Å². The number of hydrogen-bond donors (Lipinski definition) is 1. The van der Waals surface area contributed by atoms with Gasteiger partial charge in [-0.2, -0.15) is 0 Å². The highest BCUT2D eigenvalue weighted by Crippen LogP contribution is 2.42. The molecule has 3 rings (SSSR count). The summed E-state index contributed by atoms with van der Waals surface area (Å²) < 4.78 is 0.